The Hall–Kier alpha value is -3.07. The highest BCUT2D eigenvalue weighted by Crippen LogP contribution is 2.35. The molecule has 120 valence electrons. The minimum atomic E-state index is -0.272. The van der Waals surface area contributed by atoms with Gasteiger partial charge in [-0.3, -0.25) is 0 Å². The number of ether oxygens (including phenoxy) is 2. The maximum absolute atomic E-state index is 13.1. The largest absolute Gasteiger partial charge is 0.486 e. The van der Waals surface area contributed by atoms with Gasteiger partial charge in [-0.05, 0) is 17.7 Å². The molecule has 1 aliphatic rings. The van der Waals surface area contributed by atoms with Crippen LogP contribution in [0.5, 0.6) is 11.5 Å². The SMILES string of the molecule is N#CCn1c(Cc2ccc(F)cc2)nc2cc3c(cc21)OCCO3. The third kappa shape index (κ3) is 2.54. The van der Waals surface area contributed by atoms with Crippen LogP contribution in [0.1, 0.15) is 11.4 Å². The van der Waals surface area contributed by atoms with E-state index >= 15 is 0 Å². The fourth-order valence-corrected chi connectivity index (χ4v) is 2.88. The lowest BCUT2D eigenvalue weighted by Gasteiger charge is -2.18. The van der Waals surface area contributed by atoms with Crippen molar-refractivity contribution in [1.29, 1.82) is 5.26 Å². The van der Waals surface area contributed by atoms with E-state index in [2.05, 4.69) is 11.1 Å². The van der Waals surface area contributed by atoms with Gasteiger partial charge in [-0.1, -0.05) is 12.1 Å². The molecular weight excluding hydrogens is 309 g/mol. The summed E-state index contributed by atoms with van der Waals surface area (Å²) in [6.45, 7) is 1.21. The van der Waals surface area contributed by atoms with E-state index in [-0.39, 0.29) is 12.4 Å². The molecular formula is C18H14FN3O2. The lowest BCUT2D eigenvalue weighted by molar-refractivity contribution is 0.172. The van der Waals surface area contributed by atoms with E-state index in [0.717, 1.165) is 22.4 Å². The van der Waals surface area contributed by atoms with Crippen molar-refractivity contribution in [3.63, 3.8) is 0 Å². The second kappa shape index (κ2) is 5.85. The minimum absolute atomic E-state index is 0.187. The lowest BCUT2D eigenvalue weighted by atomic mass is 10.1. The first kappa shape index (κ1) is 14.5. The van der Waals surface area contributed by atoms with Crippen LogP contribution in [0.2, 0.25) is 0 Å². The Morgan fingerprint density at radius 3 is 2.54 bits per heavy atom. The monoisotopic (exact) mass is 323 g/mol. The summed E-state index contributed by atoms with van der Waals surface area (Å²) in [6, 6.07) is 12.2. The molecule has 24 heavy (non-hydrogen) atoms. The van der Waals surface area contributed by atoms with E-state index in [4.69, 9.17) is 14.7 Å². The molecule has 0 spiro atoms. The fourth-order valence-electron chi connectivity index (χ4n) is 2.88. The second-order valence-electron chi connectivity index (χ2n) is 5.56. The Labute approximate surface area is 137 Å². The van der Waals surface area contributed by atoms with Gasteiger partial charge in [-0.15, -0.1) is 0 Å². The standard InChI is InChI=1S/C18H14FN3O2/c19-13-3-1-12(2-4-13)9-18-21-14-10-16-17(24-8-7-23-16)11-15(14)22(18)6-5-20/h1-4,10-11H,6-9H2. The quantitative estimate of drug-likeness (QED) is 0.743. The summed E-state index contributed by atoms with van der Waals surface area (Å²) in [6.07, 6.45) is 0.517. The summed E-state index contributed by atoms with van der Waals surface area (Å²) in [5.74, 6) is 1.82. The molecule has 0 saturated heterocycles. The number of aromatic nitrogens is 2. The van der Waals surface area contributed by atoms with Crippen molar-refractivity contribution in [2.45, 2.75) is 13.0 Å². The first-order chi connectivity index (χ1) is 11.7. The molecule has 0 amide bonds. The molecule has 0 fully saturated rings. The summed E-state index contributed by atoms with van der Waals surface area (Å²) >= 11 is 0. The maximum atomic E-state index is 13.1. The van der Waals surface area contributed by atoms with Gasteiger partial charge in [0.05, 0.1) is 17.1 Å². The molecule has 2 heterocycles. The molecule has 0 unspecified atom stereocenters. The average Bonchev–Trinajstić information content (AvgIpc) is 2.92. The number of hydrogen-bond acceptors (Lipinski definition) is 4. The smallest absolute Gasteiger partial charge is 0.163 e. The zero-order chi connectivity index (χ0) is 16.5. The lowest BCUT2D eigenvalue weighted by Crippen LogP contribution is -2.15. The summed E-state index contributed by atoms with van der Waals surface area (Å²) in [7, 11) is 0. The normalized spacial score (nSPS) is 13.0. The number of benzene rings is 2. The van der Waals surface area contributed by atoms with Gasteiger partial charge in [-0.25, -0.2) is 9.37 Å². The third-order valence-electron chi connectivity index (χ3n) is 4.00. The van der Waals surface area contributed by atoms with Crippen molar-refractivity contribution in [2.24, 2.45) is 0 Å². The fraction of sp³-hybridized carbons (Fsp3) is 0.222. The molecule has 0 atom stereocenters. The van der Waals surface area contributed by atoms with Gasteiger partial charge in [-0.2, -0.15) is 5.26 Å². The maximum Gasteiger partial charge on any atom is 0.163 e. The highest BCUT2D eigenvalue weighted by atomic mass is 19.1. The van der Waals surface area contributed by atoms with E-state index in [1.807, 2.05) is 16.7 Å². The number of fused-ring (bicyclic) bond motifs is 2. The third-order valence-corrected chi connectivity index (χ3v) is 4.00. The van der Waals surface area contributed by atoms with Gasteiger partial charge in [0.25, 0.3) is 0 Å². The molecule has 2 aromatic carbocycles. The van der Waals surface area contributed by atoms with E-state index < -0.39 is 0 Å². The summed E-state index contributed by atoms with van der Waals surface area (Å²) in [4.78, 5) is 4.64. The van der Waals surface area contributed by atoms with Crippen molar-refractivity contribution in [1.82, 2.24) is 9.55 Å². The van der Waals surface area contributed by atoms with E-state index in [0.29, 0.717) is 31.1 Å². The number of halogens is 1. The molecule has 0 N–H and O–H groups in total. The summed E-state index contributed by atoms with van der Waals surface area (Å²) in [5.41, 5.74) is 2.52. The van der Waals surface area contributed by atoms with Gasteiger partial charge >= 0.3 is 0 Å². The van der Waals surface area contributed by atoms with Gasteiger partial charge in [0.2, 0.25) is 0 Å². The Morgan fingerprint density at radius 1 is 1.12 bits per heavy atom. The van der Waals surface area contributed by atoms with Gasteiger partial charge < -0.3 is 14.0 Å². The number of imidazole rings is 1. The van der Waals surface area contributed by atoms with Gasteiger partial charge in [0.15, 0.2) is 11.5 Å². The molecule has 1 aromatic heterocycles. The first-order valence-corrected chi connectivity index (χ1v) is 7.65. The van der Waals surface area contributed by atoms with Crippen LogP contribution in [0.4, 0.5) is 4.39 Å². The molecule has 1 aliphatic heterocycles. The zero-order valence-electron chi connectivity index (χ0n) is 12.8. The molecule has 5 nitrogen and oxygen atoms in total. The Kier molecular flexibility index (Phi) is 3.54. The number of hydrogen-bond donors (Lipinski definition) is 0. The molecule has 0 bridgehead atoms. The molecule has 0 saturated carbocycles. The van der Waals surface area contributed by atoms with E-state index in [9.17, 15) is 4.39 Å². The predicted octanol–water partition coefficient (Wildman–Crippen LogP) is 3.06. The topological polar surface area (TPSA) is 60.1 Å². The van der Waals surface area contributed by atoms with Crippen LogP contribution < -0.4 is 9.47 Å². The van der Waals surface area contributed by atoms with Crippen LogP contribution in [0, 0.1) is 17.1 Å². The Bertz CT molecular complexity index is 942. The zero-order valence-corrected chi connectivity index (χ0v) is 12.8. The highest BCUT2D eigenvalue weighted by Gasteiger charge is 2.18. The number of rotatable bonds is 3. The van der Waals surface area contributed by atoms with Crippen LogP contribution >= 0.6 is 0 Å². The minimum Gasteiger partial charge on any atom is -0.486 e. The van der Waals surface area contributed by atoms with Crippen LogP contribution in [0.15, 0.2) is 36.4 Å². The summed E-state index contributed by atoms with van der Waals surface area (Å²) < 4.78 is 26.1. The molecule has 4 rings (SSSR count). The molecule has 3 aromatic rings. The van der Waals surface area contributed by atoms with Crippen molar-refractivity contribution >= 4 is 11.0 Å². The van der Waals surface area contributed by atoms with Crippen LogP contribution in [0.3, 0.4) is 0 Å². The van der Waals surface area contributed by atoms with E-state index in [1.165, 1.54) is 12.1 Å². The molecule has 0 radical (unpaired) electrons. The van der Waals surface area contributed by atoms with Crippen LogP contribution in [-0.4, -0.2) is 22.8 Å². The van der Waals surface area contributed by atoms with E-state index in [1.54, 1.807) is 12.1 Å². The van der Waals surface area contributed by atoms with Crippen molar-refractivity contribution in [3.8, 4) is 17.6 Å². The predicted molar refractivity (Wildman–Crippen MR) is 85.5 cm³/mol. The Morgan fingerprint density at radius 2 is 1.83 bits per heavy atom. The molecule has 6 heteroatoms. The van der Waals surface area contributed by atoms with Crippen molar-refractivity contribution in [3.05, 3.63) is 53.6 Å². The van der Waals surface area contributed by atoms with Crippen molar-refractivity contribution in [2.75, 3.05) is 13.2 Å². The average molecular weight is 323 g/mol. The first-order valence-electron chi connectivity index (χ1n) is 7.65. The van der Waals surface area contributed by atoms with Crippen LogP contribution in [0.25, 0.3) is 11.0 Å². The number of nitriles is 1. The van der Waals surface area contributed by atoms with Crippen molar-refractivity contribution < 1.29 is 13.9 Å². The number of nitrogens with zero attached hydrogens (tertiary/aromatic N) is 3. The second-order valence-corrected chi connectivity index (χ2v) is 5.56. The van der Waals surface area contributed by atoms with Gasteiger partial charge in [0, 0.05) is 18.6 Å². The van der Waals surface area contributed by atoms with Crippen LogP contribution in [-0.2, 0) is 13.0 Å². The Balaban J connectivity index is 1.80. The summed E-state index contributed by atoms with van der Waals surface area (Å²) in [5, 5.41) is 9.16. The molecule has 0 aliphatic carbocycles. The van der Waals surface area contributed by atoms with Gasteiger partial charge in [0.1, 0.15) is 31.4 Å². The highest BCUT2D eigenvalue weighted by molar-refractivity contribution is 5.81.